The summed E-state index contributed by atoms with van der Waals surface area (Å²) in [6, 6.07) is 0. The van der Waals surface area contributed by atoms with Crippen LogP contribution in [0.2, 0.25) is 0 Å². The molecule has 0 aromatic rings. The van der Waals surface area contributed by atoms with Crippen LogP contribution in [-0.2, 0) is 19.1 Å². The van der Waals surface area contributed by atoms with Gasteiger partial charge in [-0.1, -0.05) is 271 Å². The highest BCUT2D eigenvalue weighted by Gasteiger charge is 2.24. The van der Waals surface area contributed by atoms with Gasteiger partial charge in [0.1, 0.15) is 0 Å². The Morgan fingerprint density at radius 1 is 0.345 bits per heavy atom. The lowest BCUT2D eigenvalue weighted by molar-refractivity contribution is -0.154. The van der Waals surface area contributed by atoms with Gasteiger partial charge in [0.05, 0.1) is 25.6 Å². The highest BCUT2D eigenvalue weighted by atomic mass is 32.2. The molecule has 0 saturated heterocycles. The predicted octanol–water partition coefficient (Wildman–Crippen LogP) is 18.3. The molecule has 0 aromatic carbocycles. The van der Waals surface area contributed by atoms with Gasteiger partial charge in [-0.15, -0.1) is 0 Å². The molecule has 0 bridgehead atoms. The summed E-state index contributed by atoms with van der Waals surface area (Å²) in [6.07, 6.45) is 56.1. The SMILES string of the molecule is CCCCCCCCCCCCCCCCCCOC(=O)CC(CSCCCCCCCCCCCC)C(=O)OCCCCCCCCCCCCCCCCCC. The Kier molecular flexibility index (Phi) is 50.0. The van der Waals surface area contributed by atoms with Crippen LogP contribution in [0.1, 0.15) is 297 Å². The van der Waals surface area contributed by atoms with Crippen LogP contribution in [0.3, 0.4) is 0 Å². The number of carbonyl (C=O) groups is 2. The largest absolute Gasteiger partial charge is 0.466 e. The summed E-state index contributed by atoms with van der Waals surface area (Å²) < 4.78 is 11.4. The minimum atomic E-state index is -0.396. The molecule has 0 rings (SSSR count). The molecule has 0 amide bonds. The van der Waals surface area contributed by atoms with Gasteiger partial charge >= 0.3 is 11.9 Å². The van der Waals surface area contributed by atoms with Gasteiger partial charge in [0.15, 0.2) is 0 Å². The first-order valence-electron chi connectivity index (χ1n) is 26.6. The average molecular weight is 837 g/mol. The molecule has 0 N–H and O–H groups in total. The minimum absolute atomic E-state index is 0.154. The monoisotopic (exact) mass is 837 g/mol. The molecule has 0 radical (unpaired) electrons. The summed E-state index contributed by atoms with van der Waals surface area (Å²) in [7, 11) is 0. The lowest BCUT2D eigenvalue weighted by Crippen LogP contribution is -2.25. The molecule has 0 spiro atoms. The van der Waals surface area contributed by atoms with Crippen LogP contribution in [-0.4, -0.2) is 36.7 Å². The number of thioether (sulfide) groups is 1. The van der Waals surface area contributed by atoms with E-state index in [2.05, 4.69) is 20.8 Å². The van der Waals surface area contributed by atoms with Crippen molar-refractivity contribution in [1.29, 1.82) is 0 Å². The van der Waals surface area contributed by atoms with Crippen molar-refractivity contribution in [2.75, 3.05) is 24.7 Å². The van der Waals surface area contributed by atoms with Crippen molar-refractivity contribution >= 4 is 23.7 Å². The highest BCUT2D eigenvalue weighted by molar-refractivity contribution is 7.99. The van der Waals surface area contributed by atoms with E-state index in [4.69, 9.17) is 9.47 Å². The highest BCUT2D eigenvalue weighted by Crippen LogP contribution is 2.20. The first-order chi connectivity index (χ1) is 28.7. The lowest BCUT2D eigenvalue weighted by Gasteiger charge is -2.16. The van der Waals surface area contributed by atoms with Crippen molar-refractivity contribution in [2.24, 2.45) is 5.92 Å². The Hall–Kier alpha value is -0.710. The second kappa shape index (κ2) is 50.6. The van der Waals surface area contributed by atoms with Crippen molar-refractivity contribution in [1.82, 2.24) is 0 Å². The van der Waals surface area contributed by atoms with Crippen LogP contribution in [0.4, 0.5) is 0 Å². The summed E-state index contributed by atoms with van der Waals surface area (Å²) in [4.78, 5) is 26.0. The third-order valence-electron chi connectivity index (χ3n) is 12.2. The number of unbranched alkanes of at least 4 members (excludes halogenated alkanes) is 39. The zero-order valence-electron chi connectivity index (χ0n) is 39.9. The maximum atomic E-state index is 13.2. The fraction of sp³-hybridized carbons (Fsp3) is 0.962. The molecule has 0 saturated carbocycles. The Balaban J connectivity index is 4.14. The second-order valence-corrected chi connectivity index (χ2v) is 19.3. The first kappa shape index (κ1) is 57.3. The zero-order valence-corrected chi connectivity index (χ0v) is 40.7. The molecule has 5 heteroatoms. The Bertz CT molecular complexity index is 803. The van der Waals surface area contributed by atoms with Crippen LogP contribution < -0.4 is 0 Å². The number of ether oxygens (including phenoxy) is 2. The van der Waals surface area contributed by atoms with Crippen molar-refractivity contribution in [3.63, 3.8) is 0 Å². The van der Waals surface area contributed by atoms with E-state index in [-0.39, 0.29) is 18.4 Å². The van der Waals surface area contributed by atoms with Gasteiger partial charge in [0.2, 0.25) is 0 Å². The van der Waals surface area contributed by atoms with E-state index in [0.29, 0.717) is 19.0 Å². The van der Waals surface area contributed by atoms with Crippen molar-refractivity contribution in [3.05, 3.63) is 0 Å². The maximum absolute atomic E-state index is 13.2. The summed E-state index contributed by atoms with van der Waals surface area (Å²) >= 11 is 1.82. The quantitative estimate of drug-likeness (QED) is 0.0451. The molecule has 0 heterocycles. The Morgan fingerprint density at radius 3 is 0.914 bits per heavy atom. The van der Waals surface area contributed by atoms with E-state index in [0.717, 1.165) is 31.4 Å². The van der Waals surface area contributed by atoms with Crippen LogP contribution in [0.25, 0.3) is 0 Å². The summed E-state index contributed by atoms with van der Waals surface area (Å²) in [5.74, 6) is 0.880. The maximum Gasteiger partial charge on any atom is 0.310 e. The molecular formula is C53H104O4S. The molecule has 346 valence electrons. The molecule has 0 aliphatic rings. The fourth-order valence-electron chi connectivity index (χ4n) is 8.16. The van der Waals surface area contributed by atoms with Crippen LogP contribution in [0.5, 0.6) is 0 Å². The molecule has 0 aliphatic carbocycles. The molecule has 1 unspecified atom stereocenters. The molecule has 0 fully saturated rings. The third-order valence-corrected chi connectivity index (χ3v) is 13.4. The van der Waals surface area contributed by atoms with Crippen molar-refractivity contribution in [3.8, 4) is 0 Å². The summed E-state index contributed by atoms with van der Waals surface area (Å²) in [5.41, 5.74) is 0. The van der Waals surface area contributed by atoms with Crippen molar-refractivity contribution in [2.45, 2.75) is 297 Å². The smallest absolute Gasteiger partial charge is 0.310 e. The van der Waals surface area contributed by atoms with E-state index in [1.165, 1.54) is 244 Å². The van der Waals surface area contributed by atoms with E-state index >= 15 is 0 Å². The minimum Gasteiger partial charge on any atom is -0.466 e. The number of hydrogen-bond donors (Lipinski definition) is 0. The van der Waals surface area contributed by atoms with Crippen LogP contribution in [0, 0.1) is 5.92 Å². The second-order valence-electron chi connectivity index (χ2n) is 18.2. The first-order valence-corrected chi connectivity index (χ1v) is 27.7. The fourth-order valence-corrected chi connectivity index (χ4v) is 9.28. The normalized spacial score (nSPS) is 12.0. The molecule has 1 atom stereocenters. The van der Waals surface area contributed by atoms with Crippen LogP contribution >= 0.6 is 11.8 Å². The Morgan fingerprint density at radius 2 is 0.603 bits per heavy atom. The van der Waals surface area contributed by atoms with Gasteiger partial charge in [0, 0.05) is 5.75 Å². The van der Waals surface area contributed by atoms with Gasteiger partial charge in [-0.2, -0.15) is 11.8 Å². The standard InChI is InChI=1S/C53H104O4S/c1-4-7-10-13-16-19-22-24-26-28-30-32-34-37-40-43-46-56-52(54)49-51(50-58-48-45-42-39-36-21-18-15-12-9-6-3)53(55)57-47-44-41-38-35-33-31-29-27-25-23-20-17-14-11-8-5-2/h51H,4-50H2,1-3H3. The molecular weight excluding hydrogens is 733 g/mol. The van der Waals surface area contributed by atoms with Gasteiger partial charge in [-0.05, 0) is 25.0 Å². The third kappa shape index (κ3) is 46.4. The van der Waals surface area contributed by atoms with Gasteiger partial charge in [-0.3, -0.25) is 9.59 Å². The predicted molar refractivity (Wildman–Crippen MR) is 258 cm³/mol. The summed E-state index contributed by atoms with van der Waals surface area (Å²) in [5, 5.41) is 0. The van der Waals surface area contributed by atoms with E-state index < -0.39 is 5.92 Å². The lowest BCUT2D eigenvalue weighted by atomic mass is 10.0. The number of esters is 2. The zero-order chi connectivity index (χ0) is 42.1. The van der Waals surface area contributed by atoms with Crippen molar-refractivity contribution < 1.29 is 19.1 Å². The van der Waals surface area contributed by atoms with Gasteiger partial charge < -0.3 is 9.47 Å². The van der Waals surface area contributed by atoms with E-state index in [9.17, 15) is 9.59 Å². The topological polar surface area (TPSA) is 52.6 Å². The average Bonchev–Trinajstić information content (AvgIpc) is 3.22. The Labute approximate surface area is 368 Å². The number of hydrogen-bond acceptors (Lipinski definition) is 5. The van der Waals surface area contributed by atoms with E-state index in [1.807, 2.05) is 11.8 Å². The molecule has 4 nitrogen and oxygen atoms in total. The number of carbonyl (C=O) groups excluding carboxylic acids is 2. The van der Waals surface area contributed by atoms with E-state index in [1.54, 1.807) is 0 Å². The number of rotatable bonds is 50. The molecule has 0 aromatic heterocycles. The molecule has 58 heavy (non-hydrogen) atoms. The van der Waals surface area contributed by atoms with Gasteiger partial charge in [-0.25, -0.2) is 0 Å². The molecule has 0 aliphatic heterocycles. The van der Waals surface area contributed by atoms with Gasteiger partial charge in [0.25, 0.3) is 0 Å². The van der Waals surface area contributed by atoms with Crippen LogP contribution in [0.15, 0.2) is 0 Å². The summed E-state index contributed by atoms with van der Waals surface area (Å²) in [6.45, 7) is 7.81.